The molecule has 0 heterocycles. The highest BCUT2D eigenvalue weighted by atomic mass is 19.2. The largest absolute Gasteiger partial charge is 0.258 e. The Labute approximate surface area is 41.7 Å². The number of alkyl halides is 2. The fourth-order valence-corrected chi connectivity index (χ4v) is 0.316. The van der Waals surface area contributed by atoms with Gasteiger partial charge in [0.2, 0.25) is 0 Å². The molecule has 2 atom stereocenters. The lowest BCUT2D eigenvalue weighted by Crippen LogP contribution is -2.27. The lowest BCUT2D eigenvalue weighted by molar-refractivity contribution is 0.195. The molecule has 0 fully saturated rings. The smallest absolute Gasteiger partial charge is 0.150 e. The molecular weight excluding hydrogens is 100 g/mol. The molecule has 0 aromatic heterocycles. The zero-order valence-corrected chi connectivity index (χ0v) is 4.41. The van der Waals surface area contributed by atoms with E-state index >= 15 is 0 Å². The van der Waals surface area contributed by atoms with Crippen molar-refractivity contribution in [2.45, 2.75) is 26.4 Å². The van der Waals surface area contributed by atoms with E-state index in [1.165, 1.54) is 13.8 Å². The van der Waals surface area contributed by atoms with Crippen molar-refractivity contribution in [1.82, 2.24) is 5.32 Å². The maximum Gasteiger partial charge on any atom is 0.150 e. The van der Waals surface area contributed by atoms with E-state index in [-0.39, 0.29) is 0 Å². The van der Waals surface area contributed by atoms with Gasteiger partial charge >= 0.3 is 0 Å². The van der Waals surface area contributed by atoms with E-state index in [9.17, 15) is 8.78 Å². The van der Waals surface area contributed by atoms with E-state index in [4.69, 9.17) is 0 Å². The Morgan fingerprint density at radius 3 is 1.43 bits per heavy atom. The first-order valence-electron chi connectivity index (χ1n) is 2.17. The molecular formula is C4H9F2N. The summed E-state index contributed by atoms with van der Waals surface area (Å²) >= 11 is 0. The number of nitrogens with one attached hydrogen (secondary N) is 1. The molecule has 3 heteroatoms. The van der Waals surface area contributed by atoms with E-state index in [1.807, 2.05) is 5.32 Å². The van der Waals surface area contributed by atoms with E-state index in [1.54, 1.807) is 0 Å². The molecule has 1 N–H and O–H groups in total. The average molecular weight is 109 g/mol. The molecule has 0 aromatic carbocycles. The molecule has 0 aromatic rings. The summed E-state index contributed by atoms with van der Waals surface area (Å²) in [5, 5.41) is 1.97. The normalized spacial score (nSPS) is 18.9. The van der Waals surface area contributed by atoms with Gasteiger partial charge in [-0.05, 0) is 13.8 Å². The predicted octanol–water partition coefficient (Wildman–Crippen LogP) is 1.21. The standard InChI is InChI=1S/C4H9F2N/c1-3(5)7-4(2)6/h3-4,7H,1-2H3. The molecule has 0 spiro atoms. The highest BCUT2D eigenvalue weighted by Crippen LogP contribution is 1.86. The van der Waals surface area contributed by atoms with Gasteiger partial charge in [0.05, 0.1) is 0 Å². The summed E-state index contributed by atoms with van der Waals surface area (Å²) in [5.74, 6) is 0. The van der Waals surface area contributed by atoms with Crippen LogP contribution in [0, 0.1) is 0 Å². The van der Waals surface area contributed by atoms with Crippen LogP contribution >= 0.6 is 0 Å². The minimum atomic E-state index is -1.25. The zero-order chi connectivity index (χ0) is 5.86. The molecule has 0 saturated heterocycles. The first-order chi connectivity index (χ1) is 3.13. The molecule has 0 radical (unpaired) electrons. The van der Waals surface area contributed by atoms with Crippen LogP contribution in [0.4, 0.5) is 8.78 Å². The van der Waals surface area contributed by atoms with Crippen molar-refractivity contribution in [3.05, 3.63) is 0 Å². The number of hydrogen-bond donors (Lipinski definition) is 1. The van der Waals surface area contributed by atoms with E-state index in [2.05, 4.69) is 0 Å². The fraction of sp³-hybridized carbons (Fsp3) is 1.00. The van der Waals surface area contributed by atoms with Gasteiger partial charge in [0.1, 0.15) is 0 Å². The summed E-state index contributed by atoms with van der Waals surface area (Å²) in [7, 11) is 0. The Balaban J connectivity index is 2.95. The van der Waals surface area contributed by atoms with Crippen LogP contribution in [0.3, 0.4) is 0 Å². The summed E-state index contributed by atoms with van der Waals surface area (Å²) < 4.78 is 23.2. The molecule has 0 aliphatic heterocycles. The summed E-state index contributed by atoms with van der Waals surface area (Å²) in [6.45, 7) is 2.49. The molecule has 7 heavy (non-hydrogen) atoms. The van der Waals surface area contributed by atoms with Crippen molar-refractivity contribution in [2.24, 2.45) is 0 Å². The number of halogens is 2. The SMILES string of the molecule is CC(F)NC(C)F. The Kier molecular flexibility index (Phi) is 2.83. The van der Waals surface area contributed by atoms with Crippen LogP contribution < -0.4 is 5.32 Å². The molecule has 0 aliphatic carbocycles. The van der Waals surface area contributed by atoms with Gasteiger partial charge in [-0.2, -0.15) is 0 Å². The lowest BCUT2D eigenvalue weighted by atomic mass is 10.6. The van der Waals surface area contributed by atoms with Crippen LogP contribution in [0.1, 0.15) is 13.8 Å². The zero-order valence-electron chi connectivity index (χ0n) is 4.41. The topological polar surface area (TPSA) is 12.0 Å². The van der Waals surface area contributed by atoms with Crippen LogP contribution in [0.25, 0.3) is 0 Å². The van der Waals surface area contributed by atoms with Crippen molar-refractivity contribution >= 4 is 0 Å². The van der Waals surface area contributed by atoms with Gasteiger partial charge in [-0.3, -0.25) is 5.32 Å². The second-order valence-electron chi connectivity index (χ2n) is 1.40. The molecule has 2 unspecified atom stereocenters. The number of rotatable bonds is 2. The minimum absolute atomic E-state index is 1.25. The quantitative estimate of drug-likeness (QED) is 0.525. The van der Waals surface area contributed by atoms with E-state index in [0.717, 1.165) is 0 Å². The monoisotopic (exact) mass is 109 g/mol. The first kappa shape index (κ1) is 6.82. The molecule has 0 saturated carbocycles. The van der Waals surface area contributed by atoms with Crippen LogP contribution in [0.15, 0.2) is 0 Å². The van der Waals surface area contributed by atoms with Gasteiger partial charge in [-0.15, -0.1) is 0 Å². The third kappa shape index (κ3) is 5.82. The first-order valence-corrected chi connectivity index (χ1v) is 2.17. The van der Waals surface area contributed by atoms with Crippen molar-refractivity contribution in [3.63, 3.8) is 0 Å². The Hall–Kier alpha value is -0.180. The highest BCUT2D eigenvalue weighted by molar-refractivity contribution is 4.44. The third-order valence-electron chi connectivity index (χ3n) is 0.459. The van der Waals surface area contributed by atoms with Crippen molar-refractivity contribution in [3.8, 4) is 0 Å². The van der Waals surface area contributed by atoms with Gasteiger partial charge in [0, 0.05) is 0 Å². The summed E-state index contributed by atoms with van der Waals surface area (Å²) in [4.78, 5) is 0. The lowest BCUT2D eigenvalue weighted by Gasteiger charge is -2.03. The van der Waals surface area contributed by atoms with Gasteiger partial charge < -0.3 is 0 Å². The van der Waals surface area contributed by atoms with Crippen LogP contribution in [0.2, 0.25) is 0 Å². The maximum atomic E-state index is 11.6. The summed E-state index contributed by atoms with van der Waals surface area (Å²) in [6, 6.07) is 0. The average Bonchev–Trinajstić information content (AvgIpc) is 1.27. The Morgan fingerprint density at radius 1 is 1.14 bits per heavy atom. The van der Waals surface area contributed by atoms with Crippen molar-refractivity contribution in [2.75, 3.05) is 0 Å². The maximum absolute atomic E-state index is 11.6. The van der Waals surface area contributed by atoms with Crippen LogP contribution in [-0.4, -0.2) is 12.6 Å². The second kappa shape index (κ2) is 2.91. The third-order valence-corrected chi connectivity index (χ3v) is 0.459. The van der Waals surface area contributed by atoms with Crippen LogP contribution in [0.5, 0.6) is 0 Å². The fourth-order valence-electron chi connectivity index (χ4n) is 0.316. The van der Waals surface area contributed by atoms with Crippen molar-refractivity contribution < 1.29 is 8.78 Å². The highest BCUT2D eigenvalue weighted by Gasteiger charge is 1.99. The molecule has 0 aliphatic rings. The summed E-state index contributed by atoms with van der Waals surface area (Å²) in [5.41, 5.74) is 0. The van der Waals surface area contributed by atoms with E-state index in [0.29, 0.717) is 0 Å². The molecule has 44 valence electrons. The van der Waals surface area contributed by atoms with Crippen LogP contribution in [-0.2, 0) is 0 Å². The van der Waals surface area contributed by atoms with E-state index < -0.39 is 12.6 Å². The molecule has 0 rings (SSSR count). The number of hydrogen-bond acceptors (Lipinski definition) is 1. The van der Waals surface area contributed by atoms with Gasteiger partial charge in [-0.25, -0.2) is 8.78 Å². The van der Waals surface area contributed by atoms with Gasteiger partial charge in [0.15, 0.2) is 12.6 Å². The summed E-state index contributed by atoms with van der Waals surface area (Å²) in [6.07, 6.45) is -2.50. The minimum Gasteiger partial charge on any atom is -0.258 e. The molecule has 1 nitrogen and oxygen atoms in total. The second-order valence-corrected chi connectivity index (χ2v) is 1.40. The van der Waals surface area contributed by atoms with Gasteiger partial charge in [0.25, 0.3) is 0 Å². The van der Waals surface area contributed by atoms with Crippen molar-refractivity contribution in [1.29, 1.82) is 0 Å². The molecule has 0 bridgehead atoms. The van der Waals surface area contributed by atoms with Gasteiger partial charge in [-0.1, -0.05) is 0 Å². The Morgan fingerprint density at radius 2 is 1.43 bits per heavy atom. The Bertz CT molecular complexity index is 39.0. The molecule has 0 amide bonds. The predicted molar refractivity (Wildman–Crippen MR) is 24.3 cm³/mol.